The Morgan fingerprint density at radius 1 is 0.970 bits per heavy atom. The summed E-state index contributed by atoms with van der Waals surface area (Å²) >= 11 is 0. The van der Waals surface area contributed by atoms with Crippen LogP contribution in [0.5, 0.6) is 5.75 Å². The molecule has 180 valence electrons. The van der Waals surface area contributed by atoms with Crippen LogP contribution in [-0.4, -0.2) is 30.1 Å². The number of aryl methyl sites for hydroxylation is 1. The fraction of sp³-hybridized carbons (Fsp3) is 0.667. The van der Waals surface area contributed by atoms with E-state index in [4.69, 9.17) is 14.2 Å². The Labute approximate surface area is 196 Å². The second-order valence-corrected chi connectivity index (χ2v) is 10.0. The number of benzene rings is 1. The Morgan fingerprint density at radius 3 is 2.36 bits per heavy atom. The van der Waals surface area contributed by atoms with E-state index < -0.39 is 0 Å². The molecule has 1 aromatic rings. The number of hydrogen-bond donors (Lipinski definition) is 0. The molecule has 33 heavy (non-hydrogen) atoms. The summed E-state index contributed by atoms with van der Waals surface area (Å²) in [5.74, 6) is 1.14. The highest BCUT2D eigenvalue weighted by atomic mass is 16.6. The van der Waals surface area contributed by atoms with Crippen molar-refractivity contribution in [3.05, 3.63) is 29.3 Å². The number of rotatable bonds is 6. The molecule has 0 radical (unpaired) electrons. The summed E-state index contributed by atoms with van der Waals surface area (Å²) in [6.07, 6.45) is 4.86. The summed E-state index contributed by atoms with van der Waals surface area (Å²) in [6.45, 7) is 7.61. The topological polar surface area (TPSA) is 78.9 Å². The summed E-state index contributed by atoms with van der Waals surface area (Å²) in [4.78, 5) is 36.1. The minimum Gasteiger partial charge on any atom is -0.458 e. The molecule has 6 nitrogen and oxygen atoms in total. The van der Waals surface area contributed by atoms with Crippen molar-refractivity contribution >= 4 is 17.9 Å². The van der Waals surface area contributed by atoms with E-state index >= 15 is 0 Å². The number of fused-ring (bicyclic) bond motifs is 5. The van der Waals surface area contributed by atoms with E-state index in [-0.39, 0.29) is 35.5 Å². The monoisotopic (exact) mass is 456 g/mol. The molecule has 0 amide bonds. The molecule has 3 aliphatic carbocycles. The fourth-order valence-electron chi connectivity index (χ4n) is 6.57. The summed E-state index contributed by atoms with van der Waals surface area (Å²) in [5.41, 5.74) is 2.42. The van der Waals surface area contributed by atoms with Gasteiger partial charge in [0, 0.05) is 24.7 Å². The van der Waals surface area contributed by atoms with Crippen molar-refractivity contribution in [1.82, 2.24) is 0 Å². The highest BCUT2D eigenvalue weighted by Gasteiger charge is 2.61. The van der Waals surface area contributed by atoms with Crippen LogP contribution in [0.25, 0.3) is 0 Å². The lowest BCUT2D eigenvalue weighted by Gasteiger charge is -2.50. The molecule has 0 aliphatic heterocycles. The largest absolute Gasteiger partial charge is 0.458 e. The molecule has 2 fully saturated rings. The van der Waals surface area contributed by atoms with Crippen molar-refractivity contribution < 1.29 is 28.6 Å². The van der Waals surface area contributed by atoms with Crippen molar-refractivity contribution in [2.24, 2.45) is 17.3 Å². The van der Waals surface area contributed by atoms with Gasteiger partial charge < -0.3 is 14.2 Å². The standard InChI is InChI=1S/C27H36O6/c1-5-23(28)31-17-9-11-18-16(14-17)8-10-20-19(18)12-13-27(4)21(20)15-22(32-24(29)6-2)26(27)33-25(30)7-3/h9,11,14,19-22,26H,5-8,10,12-13,15H2,1-4H3/t19-,20-,21-,22-,26-,27-/m0/s1. The summed E-state index contributed by atoms with van der Waals surface area (Å²) in [6, 6.07) is 6.07. The Kier molecular flexibility index (Phi) is 6.83. The van der Waals surface area contributed by atoms with Crippen LogP contribution in [0.2, 0.25) is 0 Å². The normalized spacial score (nSPS) is 32.2. The number of carbonyl (C=O) groups is 3. The zero-order valence-corrected chi connectivity index (χ0v) is 20.2. The average molecular weight is 457 g/mol. The summed E-state index contributed by atoms with van der Waals surface area (Å²) in [5, 5.41) is 0. The van der Waals surface area contributed by atoms with E-state index in [1.54, 1.807) is 20.8 Å². The van der Waals surface area contributed by atoms with Crippen LogP contribution in [0.15, 0.2) is 18.2 Å². The molecule has 1 aromatic carbocycles. The molecular weight excluding hydrogens is 420 g/mol. The molecule has 6 atom stereocenters. The van der Waals surface area contributed by atoms with Gasteiger partial charge in [-0.3, -0.25) is 14.4 Å². The molecule has 0 saturated heterocycles. The van der Waals surface area contributed by atoms with Gasteiger partial charge in [0.25, 0.3) is 0 Å². The average Bonchev–Trinajstić information content (AvgIpc) is 3.09. The number of hydrogen-bond acceptors (Lipinski definition) is 6. The second-order valence-electron chi connectivity index (χ2n) is 10.0. The highest BCUT2D eigenvalue weighted by Crippen LogP contribution is 2.62. The summed E-state index contributed by atoms with van der Waals surface area (Å²) < 4.78 is 17.2. The van der Waals surface area contributed by atoms with Gasteiger partial charge in [0.2, 0.25) is 0 Å². The first kappa shape index (κ1) is 23.8. The molecular formula is C27H36O6. The number of carbonyl (C=O) groups excluding carboxylic acids is 3. The molecule has 6 heteroatoms. The molecule has 4 rings (SSSR count). The first-order valence-corrected chi connectivity index (χ1v) is 12.5. The van der Waals surface area contributed by atoms with Gasteiger partial charge in [-0.1, -0.05) is 33.8 Å². The van der Waals surface area contributed by atoms with Crippen LogP contribution in [0, 0.1) is 17.3 Å². The number of esters is 3. The Hall–Kier alpha value is -2.37. The summed E-state index contributed by atoms with van der Waals surface area (Å²) in [7, 11) is 0. The van der Waals surface area contributed by atoms with E-state index in [9.17, 15) is 14.4 Å². The first-order valence-electron chi connectivity index (χ1n) is 12.5. The Bertz CT molecular complexity index is 923. The van der Waals surface area contributed by atoms with Crippen LogP contribution < -0.4 is 4.74 Å². The van der Waals surface area contributed by atoms with Crippen molar-refractivity contribution in [3.8, 4) is 5.75 Å². The van der Waals surface area contributed by atoms with Gasteiger partial charge in [0.1, 0.15) is 18.0 Å². The maximum Gasteiger partial charge on any atom is 0.310 e. The zero-order chi connectivity index (χ0) is 23.8. The smallest absolute Gasteiger partial charge is 0.310 e. The maximum atomic E-state index is 12.3. The van der Waals surface area contributed by atoms with Crippen molar-refractivity contribution in [3.63, 3.8) is 0 Å². The Morgan fingerprint density at radius 2 is 1.67 bits per heavy atom. The van der Waals surface area contributed by atoms with Crippen LogP contribution in [0.3, 0.4) is 0 Å². The van der Waals surface area contributed by atoms with Crippen molar-refractivity contribution in [2.75, 3.05) is 0 Å². The van der Waals surface area contributed by atoms with Gasteiger partial charge in [-0.05, 0) is 73.1 Å². The van der Waals surface area contributed by atoms with E-state index in [0.717, 1.165) is 32.1 Å². The predicted octanol–water partition coefficient (Wildman–Crippen LogP) is 5.11. The van der Waals surface area contributed by atoms with Crippen LogP contribution in [0.4, 0.5) is 0 Å². The molecule has 0 spiro atoms. The van der Waals surface area contributed by atoms with Crippen LogP contribution in [0.1, 0.15) is 89.7 Å². The van der Waals surface area contributed by atoms with E-state index in [1.807, 2.05) is 12.1 Å². The second kappa shape index (κ2) is 9.47. The minimum absolute atomic E-state index is 0.196. The third kappa shape index (κ3) is 4.41. The van der Waals surface area contributed by atoms with Crippen LogP contribution in [-0.2, 0) is 30.3 Å². The van der Waals surface area contributed by atoms with Gasteiger partial charge in [0.05, 0.1) is 0 Å². The van der Waals surface area contributed by atoms with Gasteiger partial charge in [0.15, 0.2) is 0 Å². The van der Waals surface area contributed by atoms with E-state index in [0.29, 0.717) is 42.8 Å². The van der Waals surface area contributed by atoms with Gasteiger partial charge >= 0.3 is 17.9 Å². The van der Waals surface area contributed by atoms with Gasteiger partial charge in [-0.15, -0.1) is 0 Å². The van der Waals surface area contributed by atoms with Crippen LogP contribution >= 0.6 is 0 Å². The molecule has 0 N–H and O–H groups in total. The van der Waals surface area contributed by atoms with Crippen molar-refractivity contribution in [1.29, 1.82) is 0 Å². The van der Waals surface area contributed by atoms with E-state index in [1.165, 1.54) is 11.1 Å². The lowest BCUT2D eigenvalue weighted by atomic mass is 9.55. The first-order chi connectivity index (χ1) is 15.8. The zero-order valence-electron chi connectivity index (χ0n) is 20.2. The molecule has 0 heterocycles. The van der Waals surface area contributed by atoms with Gasteiger partial charge in [-0.25, -0.2) is 0 Å². The van der Waals surface area contributed by atoms with Gasteiger partial charge in [-0.2, -0.15) is 0 Å². The SMILES string of the molecule is CCC(=O)Oc1ccc2c(c1)CC[C@H]1[C@H]2CC[C@@]2(C)[C@H]1C[C@H](OC(=O)CC)[C@@H]2OC(=O)CC. The fourth-order valence-corrected chi connectivity index (χ4v) is 6.57. The highest BCUT2D eigenvalue weighted by molar-refractivity contribution is 5.72. The predicted molar refractivity (Wildman–Crippen MR) is 123 cm³/mol. The lowest BCUT2D eigenvalue weighted by Crippen LogP contribution is -2.47. The maximum absolute atomic E-state index is 12.3. The minimum atomic E-state index is -0.386. The molecule has 0 aromatic heterocycles. The molecule has 2 saturated carbocycles. The van der Waals surface area contributed by atoms with Crippen molar-refractivity contribution in [2.45, 2.75) is 97.2 Å². The Balaban J connectivity index is 1.59. The quantitative estimate of drug-likeness (QED) is 0.437. The number of ether oxygens (including phenoxy) is 3. The molecule has 3 aliphatic rings. The third-order valence-electron chi connectivity index (χ3n) is 8.25. The third-order valence-corrected chi connectivity index (χ3v) is 8.25. The molecule has 0 unspecified atom stereocenters. The van der Waals surface area contributed by atoms with E-state index in [2.05, 4.69) is 13.0 Å². The lowest BCUT2D eigenvalue weighted by molar-refractivity contribution is -0.173. The molecule has 0 bridgehead atoms.